The zero-order chi connectivity index (χ0) is 13.2. The highest BCUT2D eigenvalue weighted by atomic mass is 32.2. The van der Waals surface area contributed by atoms with E-state index in [0.717, 1.165) is 12.2 Å². The van der Waals surface area contributed by atoms with Crippen LogP contribution in [0.3, 0.4) is 0 Å². The second-order valence-electron chi connectivity index (χ2n) is 4.95. The number of hydrogen-bond donors (Lipinski definition) is 2. The second kappa shape index (κ2) is 5.36. The first-order valence-electron chi connectivity index (χ1n) is 6.43. The highest BCUT2D eigenvalue weighted by Gasteiger charge is 2.29. The summed E-state index contributed by atoms with van der Waals surface area (Å²) in [6.45, 7) is 0. The van der Waals surface area contributed by atoms with Gasteiger partial charge < -0.3 is 0 Å². The third-order valence-electron chi connectivity index (χ3n) is 3.65. The first kappa shape index (κ1) is 12.7. The molecule has 3 rings (SSSR count). The Morgan fingerprint density at radius 3 is 3.11 bits per heavy atom. The molecule has 4 nitrogen and oxygen atoms in total. The summed E-state index contributed by atoms with van der Waals surface area (Å²) < 4.78 is 1.83. The number of aryl methyl sites for hydroxylation is 1. The maximum atomic E-state index is 5.78. The van der Waals surface area contributed by atoms with Crippen LogP contribution in [0, 0.1) is 0 Å². The van der Waals surface area contributed by atoms with Crippen LogP contribution in [-0.2, 0) is 13.5 Å². The average molecular weight is 274 g/mol. The monoisotopic (exact) mass is 274 g/mol. The van der Waals surface area contributed by atoms with E-state index < -0.39 is 0 Å². The van der Waals surface area contributed by atoms with E-state index in [4.69, 9.17) is 5.84 Å². The predicted molar refractivity (Wildman–Crippen MR) is 77.9 cm³/mol. The second-order valence-corrected chi connectivity index (χ2v) is 6.02. The van der Waals surface area contributed by atoms with Gasteiger partial charge in [0.05, 0.1) is 6.20 Å². The number of rotatable bonds is 4. The van der Waals surface area contributed by atoms with Gasteiger partial charge in [0, 0.05) is 35.9 Å². The molecule has 0 fully saturated rings. The summed E-state index contributed by atoms with van der Waals surface area (Å²) in [6, 6.07) is 8.86. The van der Waals surface area contributed by atoms with Crippen molar-refractivity contribution in [3.63, 3.8) is 0 Å². The van der Waals surface area contributed by atoms with Crippen molar-refractivity contribution in [2.24, 2.45) is 12.9 Å². The summed E-state index contributed by atoms with van der Waals surface area (Å²) in [4.78, 5) is 1.39. The first-order valence-corrected chi connectivity index (χ1v) is 7.42. The minimum Gasteiger partial charge on any atom is -0.276 e. The smallest absolute Gasteiger partial charge is 0.0522 e. The molecule has 0 bridgehead atoms. The van der Waals surface area contributed by atoms with Crippen molar-refractivity contribution in [2.75, 3.05) is 5.75 Å². The fourth-order valence-electron chi connectivity index (χ4n) is 2.67. The van der Waals surface area contributed by atoms with Crippen LogP contribution in [0.5, 0.6) is 0 Å². The Balaban J connectivity index is 1.80. The number of thioether (sulfide) groups is 1. The molecule has 2 atom stereocenters. The van der Waals surface area contributed by atoms with Gasteiger partial charge in [0.15, 0.2) is 0 Å². The average Bonchev–Trinajstić information content (AvgIpc) is 3.02. The third-order valence-corrected chi connectivity index (χ3v) is 4.86. The minimum absolute atomic E-state index is 0.250. The molecule has 1 aliphatic heterocycles. The van der Waals surface area contributed by atoms with Gasteiger partial charge in [-0.15, -0.1) is 11.8 Å². The lowest BCUT2D eigenvalue weighted by atomic mass is 9.90. The summed E-state index contributed by atoms with van der Waals surface area (Å²) in [5.74, 6) is 7.33. The molecular weight excluding hydrogens is 256 g/mol. The molecule has 1 aliphatic rings. The molecule has 3 N–H and O–H groups in total. The third kappa shape index (κ3) is 2.54. The number of fused-ring (bicyclic) bond motifs is 1. The number of nitrogens with two attached hydrogens (primary N) is 1. The van der Waals surface area contributed by atoms with Crippen LogP contribution in [0.15, 0.2) is 41.6 Å². The van der Waals surface area contributed by atoms with Gasteiger partial charge in [-0.05, 0) is 23.6 Å². The van der Waals surface area contributed by atoms with Crippen molar-refractivity contribution in [3.05, 3.63) is 47.8 Å². The van der Waals surface area contributed by atoms with E-state index in [2.05, 4.69) is 41.0 Å². The molecule has 1 aromatic carbocycles. The molecule has 0 amide bonds. The number of hydrazine groups is 1. The van der Waals surface area contributed by atoms with Crippen molar-refractivity contribution >= 4 is 11.8 Å². The zero-order valence-electron chi connectivity index (χ0n) is 10.9. The Morgan fingerprint density at radius 2 is 2.37 bits per heavy atom. The fraction of sp³-hybridized carbons (Fsp3) is 0.357. The van der Waals surface area contributed by atoms with Gasteiger partial charge in [-0.1, -0.05) is 18.2 Å². The Hall–Kier alpha value is -1.30. The molecule has 2 unspecified atom stereocenters. The van der Waals surface area contributed by atoms with Crippen LogP contribution in [0.4, 0.5) is 0 Å². The topological polar surface area (TPSA) is 55.9 Å². The van der Waals surface area contributed by atoms with Gasteiger partial charge in [-0.25, -0.2) is 0 Å². The van der Waals surface area contributed by atoms with Crippen molar-refractivity contribution in [1.82, 2.24) is 15.2 Å². The zero-order valence-corrected chi connectivity index (χ0v) is 11.7. The lowest BCUT2D eigenvalue weighted by molar-refractivity contribution is 0.463. The molecule has 19 heavy (non-hydrogen) atoms. The first-order chi connectivity index (χ1) is 9.28. The highest BCUT2D eigenvalue weighted by Crippen LogP contribution is 2.41. The van der Waals surface area contributed by atoms with Crippen LogP contribution in [-0.4, -0.2) is 21.6 Å². The molecule has 1 aromatic heterocycles. The maximum absolute atomic E-state index is 5.78. The normalized spacial score (nSPS) is 19.4. The van der Waals surface area contributed by atoms with Gasteiger partial charge in [0.25, 0.3) is 0 Å². The molecule has 100 valence electrons. The number of benzene rings is 1. The minimum atomic E-state index is 0.250. The molecule has 0 radical (unpaired) electrons. The summed E-state index contributed by atoms with van der Waals surface area (Å²) in [5.41, 5.74) is 5.63. The van der Waals surface area contributed by atoms with E-state index in [9.17, 15) is 0 Å². The predicted octanol–water partition coefficient (Wildman–Crippen LogP) is 1.68. The molecule has 5 heteroatoms. The summed E-state index contributed by atoms with van der Waals surface area (Å²) in [7, 11) is 1.94. The van der Waals surface area contributed by atoms with Gasteiger partial charge in [-0.3, -0.25) is 16.0 Å². The standard InChI is InChI=1S/C14H18N4S/c1-18-8-10(7-16-18)6-13(17-15)12-9-19-14-5-3-2-4-11(12)14/h2-5,7-8,12-13,17H,6,9,15H2,1H3. The van der Waals surface area contributed by atoms with Crippen LogP contribution >= 0.6 is 11.8 Å². The largest absolute Gasteiger partial charge is 0.276 e. The molecule has 0 saturated heterocycles. The van der Waals surface area contributed by atoms with E-state index in [0.29, 0.717) is 5.92 Å². The lowest BCUT2D eigenvalue weighted by Crippen LogP contribution is -2.41. The molecule has 0 aliphatic carbocycles. The van der Waals surface area contributed by atoms with Crippen LogP contribution in [0.2, 0.25) is 0 Å². The lowest BCUT2D eigenvalue weighted by Gasteiger charge is -2.22. The van der Waals surface area contributed by atoms with Crippen molar-refractivity contribution in [2.45, 2.75) is 23.3 Å². The van der Waals surface area contributed by atoms with Crippen molar-refractivity contribution in [1.29, 1.82) is 0 Å². The van der Waals surface area contributed by atoms with Gasteiger partial charge in [-0.2, -0.15) is 5.10 Å². The Labute approximate surface area is 117 Å². The Bertz CT molecular complexity index is 566. The number of nitrogens with zero attached hydrogens (tertiary/aromatic N) is 2. The van der Waals surface area contributed by atoms with E-state index in [1.54, 1.807) is 0 Å². The molecule has 2 heterocycles. The van der Waals surface area contributed by atoms with Crippen molar-refractivity contribution in [3.8, 4) is 0 Å². The molecule has 0 saturated carbocycles. The van der Waals surface area contributed by atoms with Gasteiger partial charge >= 0.3 is 0 Å². The van der Waals surface area contributed by atoms with E-state index >= 15 is 0 Å². The Morgan fingerprint density at radius 1 is 1.53 bits per heavy atom. The molecule has 0 spiro atoms. The van der Waals surface area contributed by atoms with Gasteiger partial charge in [0.2, 0.25) is 0 Å². The van der Waals surface area contributed by atoms with E-state index in [1.807, 2.05) is 29.7 Å². The summed E-state index contributed by atoms with van der Waals surface area (Å²) in [6.07, 6.45) is 4.88. The van der Waals surface area contributed by atoms with Crippen LogP contribution in [0.1, 0.15) is 17.0 Å². The Kier molecular flexibility index (Phi) is 3.59. The highest BCUT2D eigenvalue weighted by molar-refractivity contribution is 7.99. The quantitative estimate of drug-likeness (QED) is 0.658. The molecule has 2 aromatic rings. The summed E-state index contributed by atoms with van der Waals surface area (Å²) in [5, 5.41) is 4.22. The number of aromatic nitrogens is 2. The number of hydrogen-bond acceptors (Lipinski definition) is 4. The van der Waals surface area contributed by atoms with Crippen LogP contribution < -0.4 is 11.3 Å². The van der Waals surface area contributed by atoms with Gasteiger partial charge in [0.1, 0.15) is 0 Å². The summed E-state index contributed by atoms with van der Waals surface area (Å²) >= 11 is 1.92. The van der Waals surface area contributed by atoms with E-state index in [1.165, 1.54) is 16.0 Å². The van der Waals surface area contributed by atoms with Crippen LogP contribution in [0.25, 0.3) is 0 Å². The van der Waals surface area contributed by atoms with Crippen molar-refractivity contribution < 1.29 is 0 Å². The molecular formula is C14H18N4S. The SMILES string of the molecule is Cn1cc(CC(NN)C2CSc3ccccc32)cn1. The number of nitrogens with one attached hydrogen (secondary N) is 1. The van der Waals surface area contributed by atoms with E-state index in [-0.39, 0.29) is 6.04 Å². The maximum Gasteiger partial charge on any atom is 0.0522 e. The fourth-order valence-corrected chi connectivity index (χ4v) is 4.00.